The minimum absolute atomic E-state index is 0.194. The summed E-state index contributed by atoms with van der Waals surface area (Å²) in [5.74, 6) is 1.63. The largest absolute Gasteiger partial charge is 0.0805 e. The summed E-state index contributed by atoms with van der Waals surface area (Å²) in [6.45, 7) is 9.14. The molecule has 0 aliphatic rings. The monoisotopic (exact) mass is 326 g/mol. The molecule has 0 bridgehead atoms. The molecule has 0 aliphatic carbocycles. The third-order valence-corrected chi connectivity index (χ3v) is 4.00. The van der Waals surface area contributed by atoms with Gasteiger partial charge in [-0.25, -0.2) is 0 Å². The van der Waals surface area contributed by atoms with E-state index in [-0.39, 0.29) is 3.23 Å². The van der Waals surface area contributed by atoms with Gasteiger partial charge in [0.2, 0.25) is 0 Å². The van der Waals surface area contributed by atoms with Crippen molar-refractivity contribution in [3.63, 3.8) is 0 Å². The molecule has 0 atom stereocenters. The lowest BCUT2D eigenvalue weighted by molar-refractivity contribution is 0.487. The zero-order valence-corrected chi connectivity index (χ0v) is 13.1. The summed E-state index contributed by atoms with van der Waals surface area (Å²) < 4.78 is 0.194. The number of rotatable bonds is 7. The Morgan fingerprint density at radius 3 is 1.79 bits per heavy atom. The third kappa shape index (κ3) is 9.51. The van der Waals surface area contributed by atoms with E-state index in [2.05, 4.69) is 59.6 Å². The Hall–Kier alpha value is 0.960. The first-order valence-electron chi connectivity index (χ1n) is 5.71. The van der Waals surface area contributed by atoms with E-state index < -0.39 is 0 Å². The molecule has 0 radical (unpaired) electrons. The van der Waals surface area contributed by atoms with E-state index in [9.17, 15) is 0 Å². The van der Waals surface area contributed by atoms with Crippen LogP contribution in [-0.2, 0) is 0 Å². The van der Waals surface area contributed by atoms with E-state index in [4.69, 9.17) is 0 Å². The van der Waals surface area contributed by atoms with Gasteiger partial charge in [-0.1, -0.05) is 72.4 Å². The van der Waals surface area contributed by atoms with Crippen LogP contribution >= 0.6 is 31.9 Å². The van der Waals surface area contributed by atoms with Gasteiger partial charge in [0.25, 0.3) is 0 Å². The molecule has 0 spiro atoms. The van der Waals surface area contributed by atoms with Crippen molar-refractivity contribution in [2.45, 2.75) is 63.0 Å². The second-order valence-electron chi connectivity index (χ2n) is 5.07. The smallest absolute Gasteiger partial charge is 0.0727 e. The van der Waals surface area contributed by atoms with Crippen molar-refractivity contribution < 1.29 is 0 Å². The molecule has 0 heterocycles. The molecule has 86 valence electrons. The molecule has 2 heteroatoms. The summed E-state index contributed by atoms with van der Waals surface area (Å²) >= 11 is 7.55. The Morgan fingerprint density at radius 1 is 0.857 bits per heavy atom. The molecule has 0 fully saturated rings. The molecule has 0 aromatic rings. The molecule has 0 amide bonds. The van der Waals surface area contributed by atoms with Crippen LogP contribution < -0.4 is 0 Å². The number of hydrogen-bond donors (Lipinski definition) is 0. The zero-order valence-electron chi connectivity index (χ0n) is 9.95. The van der Waals surface area contributed by atoms with E-state index in [0.717, 1.165) is 11.8 Å². The number of alkyl halides is 2. The van der Waals surface area contributed by atoms with E-state index >= 15 is 0 Å². The van der Waals surface area contributed by atoms with Gasteiger partial charge in [0, 0.05) is 0 Å². The maximum Gasteiger partial charge on any atom is 0.0805 e. The van der Waals surface area contributed by atoms with Crippen molar-refractivity contribution in [2.75, 3.05) is 0 Å². The molecule has 0 aromatic carbocycles. The molecule has 0 N–H and O–H groups in total. The van der Waals surface area contributed by atoms with Gasteiger partial charge in [-0.2, -0.15) is 0 Å². The fraction of sp³-hybridized carbons (Fsp3) is 1.00. The molecule has 0 unspecified atom stereocenters. The van der Waals surface area contributed by atoms with E-state index in [0.29, 0.717) is 0 Å². The highest BCUT2D eigenvalue weighted by molar-refractivity contribution is 9.25. The van der Waals surface area contributed by atoms with Crippen molar-refractivity contribution in [1.82, 2.24) is 0 Å². The lowest BCUT2D eigenvalue weighted by Gasteiger charge is -2.21. The van der Waals surface area contributed by atoms with Crippen LogP contribution in [0, 0.1) is 11.8 Å². The summed E-state index contributed by atoms with van der Waals surface area (Å²) in [5.41, 5.74) is 0. The summed E-state index contributed by atoms with van der Waals surface area (Å²) in [6.07, 6.45) is 6.39. The maximum absolute atomic E-state index is 3.78. The predicted octanol–water partition coefficient (Wildman–Crippen LogP) is 5.74. The SMILES string of the molecule is CC(C)CCCC(Br)(Br)CCC(C)C. The minimum atomic E-state index is 0.194. The van der Waals surface area contributed by atoms with Crippen LogP contribution in [0.4, 0.5) is 0 Å². The fourth-order valence-electron chi connectivity index (χ4n) is 1.39. The maximum atomic E-state index is 3.78. The quantitative estimate of drug-likeness (QED) is 0.523. The van der Waals surface area contributed by atoms with Crippen molar-refractivity contribution in [3.8, 4) is 0 Å². The van der Waals surface area contributed by atoms with Crippen molar-refractivity contribution in [2.24, 2.45) is 11.8 Å². The van der Waals surface area contributed by atoms with Crippen molar-refractivity contribution in [1.29, 1.82) is 0 Å². The third-order valence-electron chi connectivity index (χ3n) is 2.41. The zero-order chi connectivity index (χ0) is 11.2. The highest BCUT2D eigenvalue weighted by Crippen LogP contribution is 2.38. The lowest BCUT2D eigenvalue weighted by Crippen LogP contribution is -2.12. The topological polar surface area (TPSA) is 0 Å². The Kier molecular flexibility index (Phi) is 7.77. The summed E-state index contributed by atoms with van der Waals surface area (Å²) in [7, 11) is 0. The summed E-state index contributed by atoms with van der Waals surface area (Å²) in [4.78, 5) is 0. The number of halogens is 2. The molecular weight excluding hydrogens is 304 g/mol. The standard InChI is InChI=1S/C12H24Br2/c1-10(2)6-5-8-12(13,14)9-7-11(3)4/h10-11H,5-9H2,1-4H3. The molecule has 0 saturated heterocycles. The molecule has 0 saturated carbocycles. The van der Waals surface area contributed by atoms with Crippen LogP contribution in [0.5, 0.6) is 0 Å². The Bertz CT molecular complexity index is 139. The first-order chi connectivity index (χ1) is 6.33. The minimum Gasteiger partial charge on any atom is -0.0727 e. The van der Waals surface area contributed by atoms with Gasteiger partial charge < -0.3 is 0 Å². The second kappa shape index (κ2) is 7.27. The van der Waals surface area contributed by atoms with Gasteiger partial charge in [-0.05, 0) is 31.1 Å². The van der Waals surface area contributed by atoms with E-state index in [1.165, 1.54) is 32.1 Å². The molecule has 0 aliphatic heterocycles. The van der Waals surface area contributed by atoms with Gasteiger partial charge in [0.15, 0.2) is 0 Å². The molecule has 14 heavy (non-hydrogen) atoms. The Balaban J connectivity index is 3.61. The van der Waals surface area contributed by atoms with Crippen LogP contribution in [0.25, 0.3) is 0 Å². The highest BCUT2D eigenvalue weighted by Gasteiger charge is 2.21. The Morgan fingerprint density at radius 2 is 1.36 bits per heavy atom. The first kappa shape index (κ1) is 15.0. The van der Waals surface area contributed by atoms with E-state index in [1.54, 1.807) is 0 Å². The van der Waals surface area contributed by atoms with Gasteiger partial charge >= 0.3 is 0 Å². The van der Waals surface area contributed by atoms with E-state index in [1.807, 2.05) is 0 Å². The predicted molar refractivity (Wildman–Crippen MR) is 73.3 cm³/mol. The lowest BCUT2D eigenvalue weighted by atomic mass is 10.0. The van der Waals surface area contributed by atoms with Crippen LogP contribution in [0.2, 0.25) is 0 Å². The van der Waals surface area contributed by atoms with Crippen LogP contribution in [0.3, 0.4) is 0 Å². The first-order valence-corrected chi connectivity index (χ1v) is 7.30. The Labute approximate surface area is 106 Å². The van der Waals surface area contributed by atoms with Gasteiger partial charge in [-0.15, -0.1) is 0 Å². The second-order valence-corrected chi connectivity index (χ2v) is 9.17. The number of hydrogen-bond acceptors (Lipinski definition) is 0. The van der Waals surface area contributed by atoms with Crippen LogP contribution in [-0.4, -0.2) is 3.23 Å². The molecule has 0 rings (SSSR count). The van der Waals surface area contributed by atoms with Crippen LogP contribution in [0.15, 0.2) is 0 Å². The molecular formula is C12H24Br2. The summed E-state index contributed by atoms with van der Waals surface area (Å²) in [5, 5.41) is 0. The molecule has 0 aromatic heterocycles. The molecule has 0 nitrogen and oxygen atoms in total. The average molecular weight is 328 g/mol. The van der Waals surface area contributed by atoms with Gasteiger partial charge in [-0.3, -0.25) is 0 Å². The van der Waals surface area contributed by atoms with Crippen LogP contribution in [0.1, 0.15) is 59.8 Å². The van der Waals surface area contributed by atoms with Crippen molar-refractivity contribution in [3.05, 3.63) is 0 Å². The van der Waals surface area contributed by atoms with Crippen molar-refractivity contribution >= 4 is 31.9 Å². The normalized spacial score (nSPS) is 12.9. The average Bonchev–Trinajstić information content (AvgIpc) is 2.00. The summed E-state index contributed by atoms with van der Waals surface area (Å²) in [6, 6.07) is 0. The van der Waals surface area contributed by atoms with Gasteiger partial charge in [0.05, 0.1) is 3.23 Å². The fourth-order valence-corrected chi connectivity index (χ4v) is 2.41. The highest BCUT2D eigenvalue weighted by atomic mass is 79.9. The van der Waals surface area contributed by atoms with Gasteiger partial charge in [0.1, 0.15) is 0 Å².